The molecule has 10 heteroatoms. The van der Waals surface area contributed by atoms with Gasteiger partial charge in [0.1, 0.15) is 0 Å². The van der Waals surface area contributed by atoms with Crippen LogP contribution in [0.2, 0.25) is 0 Å². The highest BCUT2D eigenvalue weighted by molar-refractivity contribution is 5.85. The van der Waals surface area contributed by atoms with E-state index < -0.39 is 17.4 Å². The van der Waals surface area contributed by atoms with Gasteiger partial charge in [-0.2, -0.15) is 4.98 Å². The van der Waals surface area contributed by atoms with E-state index in [1.54, 1.807) is 11.6 Å². The normalized spacial score (nSPS) is 12.0. The number of aliphatic hydroxyl groups is 1. The molecule has 0 radical (unpaired) electrons. The van der Waals surface area contributed by atoms with E-state index >= 15 is 0 Å². The van der Waals surface area contributed by atoms with Crippen LogP contribution in [0.1, 0.15) is 11.1 Å². The molecule has 0 fully saturated rings. The second kappa shape index (κ2) is 11.4. The average molecular weight is 499 g/mol. The number of halogens is 1. The summed E-state index contributed by atoms with van der Waals surface area (Å²) in [5, 5.41) is 14.2. The maximum absolute atomic E-state index is 13.0. The first-order chi connectivity index (χ1) is 16.3. The molecule has 0 amide bonds. The Morgan fingerprint density at radius 1 is 0.971 bits per heavy atom. The van der Waals surface area contributed by atoms with Crippen LogP contribution in [0.4, 0.5) is 5.95 Å². The summed E-state index contributed by atoms with van der Waals surface area (Å²) >= 11 is 0. The largest absolute Gasteiger partial charge is 0.390 e. The fourth-order valence-electron chi connectivity index (χ4n) is 4.12. The molecule has 0 saturated carbocycles. The SMILES string of the molecule is CN(Cc1ccccc1)CC(O)Cn1c(NCc2ccccc2)nc2c1c(=O)n(C)c(=O)n2C.Cl. The van der Waals surface area contributed by atoms with Crippen LogP contribution in [-0.4, -0.2) is 48.4 Å². The van der Waals surface area contributed by atoms with E-state index in [4.69, 9.17) is 0 Å². The number of likely N-dealkylation sites (N-methyl/N-ethyl adjacent to an activating group) is 1. The molecule has 1 unspecified atom stereocenters. The molecule has 0 aliphatic heterocycles. The van der Waals surface area contributed by atoms with Crippen molar-refractivity contribution in [3.8, 4) is 0 Å². The van der Waals surface area contributed by atoms with Crippen LogP contribution in [-0.2, 0) is 33.7 Å². The van der Waals surface area contributed by atoms with Gasteiger partial charge >= 0.3 is 5.69 Å². The fraction of sp³-hybridized carbons (Fsp3) is 0.320. The van der Waals surface area contributed by atoms with E-state index in [9.17, 15) is 14.7 Å². The zero-order valence-corrected chi connectivity index (χ0v) is 20.9. The zero-order valence-electron chi connectivity index (χ0n) is 20.1. The number of fused-ring (bicyclic) bond motifs is 1. The average Bonchev–Trinajstić information content (AvgIpc) is 3.19. The number of nitrogens with zero attached hydrogens (tertiary/aromatic N) is 5. The van der Waals surface area contributed by atoms with Crippen LogP contribution in [0.25, 0.3) is 11.2 Å². The highest BCUT2D eigenvalue weighted by atomic mass is 35.5. The van der Waals surface area contributed by atoms with E-state index in [-0.39, 0.29) is 30.1 Å². The number of hydrogen-bond donors (Lipinski definition) is 2. The topological polar surface area (TPSA) is 97.3 Å². The van der Waals surface area contributed by atoms with Crippen molar-refractivity contribution < 1.29 is 5.11 Å². The molecule has 0 bridgehead atoms. The van der Waals surface area contributed by atoms with Crippen LogP contribution in [0.3, 0.4) is 0 Å². The first kappa shape index (κ1) is 26.2. The molecule has 4 aromatic rings. The summed E-state index contributed by atoms with van der Waals surface area (Å²) in [6.07, 6.45) is -0.759. The van der Waals surface area contributed by atoms with Crippen molar-refractivity contribution in [1.29, 1.82) is 0 Å². The van der Waals surface area contributed by atoms with E-state index in [1.165, 1.54) is 11.6 Å². The number of nitrogens with one attached hydrogen (secondary N) is 1. The maximum atomic E-state index is 13.0. The Bertz CT molecular complexity index is 1380. The molecule has 0 aliphatic rings. The Morgan fingerprint density at radius 2 is 1.57 bits per heavy atom. The summed E-state index contributed by atoms with van der Waals surface area (Å²) in [7, 11) is 4.98. The molecule has 0 spiro atoms. The number of aryl methyl sites for hydroxylation is 1. The molecular formula is C25H31ClN6O3. The molecule has 186 valence electrons. The fourth-order valence-corrected chi connectivity index (χ4v) is 4.12. The number of aliphatic hydroxyl groups excluding tert-OH is 1. The number of rotatable bonds is 9. The first-order valence-electron chi connectivity index (χ1n) is 11.2. The predicted molar refractivity (Wildman–Crippen MR) is 140 cm³/mol. The summed E-state index contributed by atoms with van der Waals surface area (Å²) in [5.74, 6) is 0.432. The van der Waals surface area contributed by atoms with E-state index in [0.29, 0.717) is 25.6 Å². The second-order valence-electron chi connectivity index (χ2n) is 8.60. The lowest BCUT2D eigenvalue weighted by Gasteiger charge is -2.22. The number of anilines is 1. The summed E-state index contributed by atoms with van der Waals surface area (Å²) < 4.78 is 4.10. The molecule has 0 saturated heterocycles. The molecule has 1 atom stereocenters. The molecule has 35 heavy (non-hydrogen) atoms. The Balaban J connectivity index is 0.00000342. The van der Waals surface area contributed by atoms with Gasteiger partial charge in [-0.3, -0.25) is 18.8 Å². The number of imidazole rings is 1. The number of aromatic nitrogens is 4. The van der Waals surface area contributed by atoms with Gasteiger partial charge in [-0.25, -0.2) is 4.79 Å². The Morgan fingerprint density at radius 3 is 2.20 bits per heavy atom. The number of benzene rings is 2. The third-order valence-electron chi connectivity index (χ3n) is 5.85. The van der Waals surface area contributed by atoms with Crippen molar-refractivity contribution in [3.05, 3.63) is 92.6 Å². The summed E-state index contributed by atoms with van der Waals surface area (Å²) in [4.78, 5) is 32.1. The van der Waals surface area contributed by atoms with Crippen molar-refractivity contribution >= 4 is 29.5 Å². The summed E-state index contributed by atoms with van der Waals surface area (Å²) in [6, 6.07) is 19.9. The third-order valence-corrected chi connectivity index (χ3v) is 5.85. The van der Waals surface area contributed by atoms with Crippen molar-refractivity contribution in [2.24, 2.45) is 14.1 Å². The molecular weight excluding hydrogens is 468 g/mol. The van der Waals surface area contributed by atoms with Gasteiger partial charge in [0, 0.05) is 33.7 Å². The highest BCUT2D eigenvalue weighted by Gasteiger charge is 2.21. The Labute approximate surface area is 209 Å². The van der Waals surface area contributed by atoms with Gasteiger partial charge in [0.2, 0.25) is 5.95 Å². The van der Waals surface area contributed by atoms with Crippen LogP contribution in [0.15, 0.2) is 70.3 Å². The third kappa shape index (κ3) is 5.82. The van der Waals surface area contributed by atoms with Crippen LogP contribution < -0.4 is 16.6 Å². The van der Waals surface area contributed by atoms with Gasteiger partial charge in [-0.05, 0) is 18.2 Å². The second-order valence-corrected chi connectivity index (χ2v) is 8.60. The Kier molecular flexibility index (Phi) is 8.50. The van der Waals surface area contributed by atoms with E-state index in [2.05, 4.69) is 10.3 Å². The lowest BCUT2D eigenvalue weighted by Crippen LogP contribution is -2.38. The molecule has 2 aromatic heterocycles. The minimum absolute atomic E-state index is 0. The van der Waals surface area contributed by atoms with E-state index in [0.717, 1.165) is 15.7 Å². The Hall–Kier alpha value is -3.40. The lowest BCUT2D eigenvalue weighted by molar-refractivity contribution is 0.108. The van der Waals surface area contributed by atoms with Gasteiger partial charge < -0.3 is 15.0 Å². The van der Waals surface area contributed by atoms with Crippen molar-refractivity contribution in [1.82, 2.24) is 23.6 Å². The minimum Gasteiger partial charge on any atom is -0.390 e. The highest BCUT2D eigenvalue weighted by Crippen LogP contribution is 2.18. The molecule has 9 nitrogen and oxygen atoms in total. The van der Waals surface area contributed by atoms with Gasteiger partial charge in [0.25, 0.3) is 5.56 Å². The van der Waals surface area contributed by atoms with Gasteiger partial charge in [0.05, 0.1) is 12.6 Å². The molecule has 0 aliphatic carbocycles. The van der Waals surface area contributed by atoms with Crippen LogP contribution in [0, 0.1) is 0 Å². The monoisotopic (exact) mass is 498 g/mol. The molecule has 2 N–H and O–H groups in total. The van der Waals surface area contributed by atoms with Crippen molar-refractivity contribution in [3.63, 3.8) is 0 Å². The number of hydrogen-bond acceptors (Lipinski definition) is 6. The predicted octanol–water partition coefficient (Wildman–Crippen LogP) is 1.96. The van der Waals surface area contributed by atoms with E-state index in [1.807, 2.05) is 72.6 Å². The van der Waals surface area contributed by atoms with Gasteiger partial charge in [-0.1, -0.05) is 60.7 Å². The minimum atomic E-state index is -0.759. The lowest BCUT2D eigenvalue weighted by atomic mass is 10.2. The van der Waals surface area contributed by atoms with Crippen molar-refractivity contribution in [2.45, 2.75) is 25.7 Å². The van der Waals surface area contributed by atoms with Crippen LogP contribution >= 0.6 is 12.4 Å². The standard InChI is InChI=1S/C25H30N6O3.ClH/c1-28(15-19-12-8-5-9-13-19)16-20(32)17-31-21-22(29(2)25(34)30(3)23(21)33)27-24(31)26-14-18-10-6-4-7-11-18;/h4-13,20,32H,14-17H2,1-3H3,(H,26,27);1H. The molecule has 2 aromatic carbocycles. The first-order valence-corrected chi connectivity index (χ1v) is 11.2. The molecule has 2 heterocycles. The van der Waals surface area contributed by atoms with Crippen LogP contribution in [0.5, 0.6) is 0 Å². The van der Waals surface area contributed by atoms with Gasteiger partial charge in [-0.15, -0.1) is 12.4 Å². The summed E-state index contributed by atoms with van der Waals surface area (Å²) in [6.45, 7) is 1.74. The summed E-state index contributed by atoms with van der Waals surface area (Å²) in [5.41, 5.74) is 1.88. The van der Waals surface area contributed by atoms with Crippen molar-refractivity contribution in [2.75, 3.05) is 18.9 Å². The zero-order chi connectivity index (χ0) is 24.2. The quantitative estimate of drug-likeness (QED) is 0.366. The maximum Gasteiger partial charge on any atom is 0.332 e. The molecule has 4 rings (SSSR count). The van der Waals surface area contributed by atoms with Gasteiger partial charge in [0.15, 0.2) is 11.2 Å². The smallest absolute Gasteiger partial charge is 0.332 e.